The summed E-state index contributed by atoms with van der Waals surface area (Å²) in [7, 11) is 0. The number of nitrogens with zero attached hydrogens (tertiary/aromatic N) is 1. The fourth-order valence-electron chi connectivity index (χ4n) is 4.72. The van der Waals surface area contributed by atoms with E-state index in [-0.39, 0.29) is 16.3 Å². The lowest BCUT2D eigenvalue weighted by Crippen LogP contribution is -2.38. The van der Waals surface area contributed by atoms with Gasteiger partial charge >= 0.3 is 5.97 Å². The molecule has 0 saturated heterocycles. The number of esters is 1. The van der Waals surface area contributed by atoms with E-state index >= 15 is 0 Å². The summed E-state index contributed by atoms with van der Waals surface area (Å²) in [6, 6.07) is 24.8. The van der Waals surface area contributed by atoms with Crippen LogP contribution in [-0.4, -0.2) is 28.4 Å². The average Bonchev–Trinajstić information content (AvgIpc) is 3.48. The Bertz CT molecular complexity index is 1790. The number of rotatable bonds is 6. The van der Waals surface area contributed by atoms with Gasteiger partial charge in [-0.3, -0.25) is 19.7 Å². The molecule has 6 rings (SSSR count). The zero-order valence-electron chi connectivity index (χ0n) is 20.1. The van der Waals surface area contributed by atoms with Crippen LogP contribution >= 0.6 is 11.3 Å². The molecule has 7 nitrogen and oxygen atoms in total. The van der Waals surface area contributed by atoms with E-state index < -0.39 is 35.5 Å². The van der Waals surface area contributed by atoms with Gasteiger partial charge < -0.3 is 4.74 Å². The van der Waals surface area contributed by atoms with Crippen molar-refractivity contribution in [1.29, 1.82) is 0 Å². The summed E-state index contributed by atoms with van der Waals surface area (Å²) in [5, 5.41) is 4.52. The van der Waals surface area contributed by atoms with Crippen LogP contribution in [0.5, 0.6) is 0 Å². The molecule has 0 radical (unpaired) electrons. The van der Waals surface area contributed by atoms with E-state index in [0.717, 1.165) is 21.0 Å². The molecule has 0 saturated carbocycles. The molecule has 1 amide bonds. The van der Waals surface area contributed by atoms with Crippen LogP contribution in [0.4, 0.5) is 5.13 Å². The second-order valence-corrected chi connectivity index (χ2v) is 10.2. The number of hydrogen-bond acceptors (Lipinski definition) is 7. The van der Waals surface area contributed by atoms with E-state index in [9.17, 15) is 19.2 Å². The molecular formula is C30H20N2O5S. The van der Waals surface area contributed by atoms with Crippen molar-refractivity contribution in [2.45, 2.75) is 13.0 Å². The summed E-state index contributed by atoms with van der Waals surface area (Å²) in [5.41, 5.74) is 2.63. The Morgan fingerprint density at radius 2 is 1.68 bits per heavy atom. The van der Waals surface area contributed by atoms with Crippen molar-refractivity contribution in [2.24, 2.45) is 5.92 Å². The lowest BCUT2D eigenvalue weighted by molar-refractivity contribution is -0.138. The smallest absolute Gasteiger partial charge is 0.339 e. The number of aryl methyl sites for hydroxylation is 1. The molecule has 0 unspecified atom stereocenters. The molecule has 0 aliphatic carbocycles. The number of fused-ring (bicyclic) bond motifs is 3. The fourth-order valence-corrected chi connectivity index (χ4v) is 5.68. The van der Waals surface area contributed by atoms with Crippen LogP contribution in [-0.2, 0) is 14.3 Å². The lowest BCUT2D eigenvalue weighted by Gasteiger charge is -2.21. The third kappa shape index (κ3) is 4.14. The van der Waals surface area contributed by atoms with Crippen LogP contribution in [0.2, 0.25) is 0 Å². The molecule has 1 aliphatic rings. The number of nitrogens with one attached hydrogen (secondary N) is 1. The van der Waals surface area contributed by atoms with E-state index in [1.807, 2.05) is 49.4 Å². The highest BCUT2D eigenvalue weighted by Gasteiger charge is 2.46. The summed E-state index contributed by atoms with van der Waals surface area (Å²) >= 11 is 1.23. The van der Waals surface area contributed by atoms with E-state index in [4.69, 9.17) is 4.74 Å². The predicted octanol–water partition coefficient (Wildman–Crippen LogP) is 5.68. The highest BCUT2D eigenvalue weighted by atomic mass is 32.1. The zero-order valence-corrected chi connectivity index (χ0v) is 21.0. The number of hydrogen-bond donors (Lipinski definition) is 1. The molecule has 0 spiro atoms. The third-order valence-corrected chi connectivity index (χ3v) is 7.54. The normalized spacial score (nSPS) is 15.2. The second kappa shape index (κ2) is 9.32. The monoisotopic (exact) mass is 520 g/mol. The summed E-state index contributed by atoms with van der Waals surface area (Å²) < 4.78 is 6.39. The van der Waals surface area contributed by atoms with Crippen molar-refractivity contribution in [3.05, 3.63) is 107 Å². The van der Waals surface area contributed by atoms with Gasteiger partial charge in [-0.1, -0.05) is 72.0 Å². The minimum absolute atomic E-state index is 0.240. The van der Waals surface area contributed by atoms with Gasteiger partial charge in [-0.15, -0.1) is 0 Å². The number of ether oxygens (including phenoxy) is 1. The summed E-state index contributed by atoms with van der Waals surface area (Å²) in [6.45, 7) is 1.95. The Labute approximate surface area is 221 Å². The molecule has 5 aromatic rings. The number of Topliss-reactive ketones (excluding diaryl/α,β-unsaturated/α-hetero) is 2. The molecule has 4 aromatic carbocycles. The SMILES string of the molecule is Cc1ccc2nc(NC(=O)C(=O)[C@H](C(=O)c3ccc4ccccc4c3)[C@H]3OC(=O)c4ccccc43)sc2c1. The van der Waals surface area contributed by atoms with Gasteiger partial charge in [-0.05, 0) is 47.5 Å². The van der Waals surface area contributed by atoms with Crippen molar-refractivity contribution >= 4 is 60.9 Å². The standard InChI is InChI=1S/C30H20N2O5S/c1-16-10-13-22-23(14-16)38-30(31-22)32-28(35)26(34)24(27-20-8-4-5-9-21(20)29(36)37-27)25(33)19-12-11-17-6-2-3-7-18(17)15-19/h2-15,24,27H,1H3,(H,31,32,35)/t24-,27-/m0/s1. The first-order valence-electron chi connectivity index (χ1n) is 11.9. The molecule has 1 aliphatic heterocycles. The Kier molecular flexibility index (Phi) is 5.81. The number of ketones is 2. The Hall–Kier alpha value is -4.69. The second-order valence-electron chi connectivity index (χ2n) is 9.13. The maximum atomic E-state index is 13.9. The molecule has 0 bridgehead atoms. The van der Waals surface area contributed by atoms with E-state index in [1.165, 1.54) is 11.3 Å². The maximum Gasteiger partial charge on any atom is 0.339 e. The number of cyclic esters (lactones) is 1. The first kappa shape index (κ1) is 23.7. The van der Waals surface area contributed by atoms with Gasteiger partial charge in [0.15, 0.2) is 10.9 Å². The van der Waals surface area contributed by atoms with Gasteiger partial charge in [-0.2, -0.15) is 0 Å². The van der Waals surface area contributed by atoms with Crippen molar-refractivity contribution < 1.29 is 23.9 Å². The van der Waals surface area contributed by atoms with E-state index in [0.29, 0.717) is 11.1 Å². The van der Waals surface area contributed by atoms with Gasteiger partial charge in [0.2, 0.25) is 5.78 Å². The van der Waals surface area contributed by atoms with Crippen LogP contribution in [0.3, 0.4) is 0 Å². The molecule has 2 heterocycles. The number of carbonyl (C=O) groups excluding carboxylic acids is 4. The number of anilines is 1. The van der Waals surface area contributed by atoms with Crippen LogP contribution in [0.25, 0.3) is 21.0 Å². The zero-order chi connectivity index (χ0) is 26.4. The van der Waals surface area contributed by atoms with Crippen LogP contribution in [0.1, 0.15) is 37.9 Å². The Morgan fingerprint density at radius 3 is 2.53 bits per heavy atom. The Balaban J connectivity index is 1.37. The van der Waals surface area contributed by atoms with Gasteiger partial charge in [0.05, 0.1) is 15.8 Å². The lowest BCUT2D eigenvalue weighted by atomic mass is 9.84. The fraction of sp³-hybridized carbons (Fsp3) is 0.100. The summed E-state index contributed by atoms with van der Waals surface area (Å²) in [4.78, 5) is 57.7. The molecule has 0 fully saturated rings. The number of amides is 1. The molecular weight excluding hydrogens is 500 g/mol. The van der Waals surface area contributed by atoms with Crippen molar-refractivity contribution in [3.63, 3.8) is 0 Å². The molecule has 1 aromatic heterocycles. The highest BCUT2D eigenvalue weighted by molar-refractivity contribution is 7.22. The third-order valence-electron chi connectivity index (χ3n) is 6.61. The molecule has 1 N–H and O–H groups in total. The summed E-state index contributed by atoms with van der Waals surface area (Å²) in [6.07, 6.45) is -1.23. The Morgan fingerprint density at radius 1 is 0.921 bits per heavy atom. The first-order valence-corrected chi connectivity index (χ1v) is 12.8. The van der Waals surface area contributed by atoms with Crippen molar-refractivity contribution in [2.75, 3.05) is 5.32 Å². The number of thiazole rings is 1. The molecule has 186 valence electrons. The first-order chi connectivity index (χ1) is 18.4. The van der Waals surface area contributed by atoms with Crippen LogP contribution in [0.15, 0.2) is 84.9 Å². The minimum atomic E-state index is -1.57. The molecule has 2 atom stereocenters. The van der Waals surface area contributed by atoms with Crippen molar-refractivity contribution in [3.8, 4) is 0 Å². The van der Waals surface area contributed by atoms with E-state index in [1.54, 1.807) is 42.5 Å². The van der Waals surface area contributed by atoms with Gasteiger partial charge in [-0.25, -0.2) is 9.78 Å². The van der Waals surface area contributed by atoms with Crippen LogP contribution in [0, 0.1) is 12.8 Å². The summed E-state index contributed by atoms with van der Waals surface area (Å²) in [5.74, 6) is -4.82. The minimum Gasteiger partial charge on any atom is -0.453 e. The van der Waals surface area contributed by atoms with Crippen LogP contribution < -0.4 is 5.32 Å². The highest BCUT2D eigenvalue weighted by Crippen LogP contribution is 2.38. The molecule has 38 heavy (non-hydrogen) atoms. The number of benzene rings is 4. The number of aromatic nitrogens is 1. The van der Waals surface area contributed by atoms with Gasteiger partial charge in [0.25, 0.3) is 5.91 Å². The quantitative estimate of drug-likeness (QED) is 0.134. The molecule has 8 heteroatoms. The van der Waals surface area contributed by atoms with Gasteiger partial charge in [0, 0.05) is 11.1 Å². The van der Waals surface area contributed by atoms with E-state index in [2.05, 4.69) is 10.3 Å². The average molecular weight is 521 g/mol. The number of carbonyl (C=O) groups is 4. The largest absolute Gasteiger partial charge is 0.453 e. The van der Waals surface area contributed by atoms with Crippen molar-refractivity contribution in [1.82, 2.24) is 4.98 Å². The van der Waals surface area contributed by atoms with Gasteiger partial charge in [0.1, 0.15) is 12.0 Å². The predicted molar refractivity (Wildman–Crippen MR) is 144 cm³/mol. The maximum absolute atomic E-state index is 13.9. The topological polar surface area (TPSA) is 102 Å².